The third kappa shape index (κ3) is 5.09. The molecule has 1 fully saturated rings. The minimum atomic E-state index is -3.55. The van der Waals surface area contributed by atoms with Gasteiger partial charge >= 0.3 is 0 Å². The van der Waals surface area contributed by atoms with Crippen LogP contribution in [-0.2, 0) is 10.0 Å². The average molecular weight is 455 g/mol. The first kappa shape index (κ1) is 22.0. The molecule has 1 aliphatic rings. The fraction of sp³-hybridized carbons (Fsp3) is 0.421. The van der Waals surface area contributed by atoms with Gasteiger partial charge in [0.1, 0.15) is 0 Å². The molecule has 1 aromatic carbocycles. The van der Waals surface area contributed by atoms with Crippen molar-refractivity contribution < 1.29 is 13.2 Å². The van der Waals surface area contributed by atoms with E-state index in [-0.39, 0.29) is 21.7 Å². The Morgan fingerprint density at radius 3 is 2.69 bits per heavy atom. The predicted octanol–water partition coefficient (Wildman–Crippen LogP) is 4.06. The van der Waals surface area contributed by atoms with E-state index in [4.69, 9.17) is 11.6 Å². The number of nitrogens with one attached hydrogen (secondary N) is 1. The quantitative estimate of drug-likeness (QED) is 0.522. The van der Waals surface area contributed by atoms with E-state index in [1.54, 1.807) is 16.4 Å². The average Bonchev–Trinajstić information content (AvgIpc) is 2.70. The number of carbonyl (C=O) groups excluding carboxylic acids is 1. The van der Waals surface area contributed by atoms with Crippen LogP contribution in [0, 0.1) is 0 Å². The molecule has 1 atom stereocenters. The van der Waals surface area contributed by atoms with E-state index in [1.165, 1.54) is 30.1 Å². The van der Waals surface area contributed by atoms with Crippen LogP contribution in [0.3, 0.4) is 0 Å². The Labute approximate surface area is 180 Å². The number of sulfonamides is 1. The third-order valence-corrected chi connectivity index (χ3v) is 7.72. The van der Waals surface area contributed by atoms with Crippen LogP contribution in [0.25, 0.3) is 0 Å². The molecule has 0 aliphatic carbocycles. The van der Waals surface area contributed by atoms with E-state index in [0.717, 1.165) is 25.0 Å². The van der Waals surface area contributed by atoms with Crippen LogP contribution in [0.5, 0.6) is 0 Å². The summed E-state index contributed by atoms with van der Waals surface area (Å²) in [4.78, 5) is 21.0. The van der Waals surface area contributed by atoms with Crippen LogP contribution in [0.2, 0.25) is 5.02 Å². The van der Waals surface area contributed by atoms with Crippen molar-refractivity contribution in [3.05, 3.63) is 41.2 Å². The van der Waals surface area contributed by atoms with Crippen molar-refractivity contribution in [2.24, 2.45) is 0 Å². The molecule has 2 aromatic rings. The molecule has 0 radical (unpaired) electrons. The Morgan fingerprint density at radius 1 is 1.31 bits per heavy atom. The van der Waals surface area contributed by atoms with Gasteiger partial charge in [-0.05, 0) is 49.8 Å². The molecule has 1 amide bonds. The molecule has 7 nitrogen and oxygen atoms in total. The molecule has 1 aliphatic heterocycles. The van der Waals surface area contributed by atoms with Crippen LogP contribution in [-0.4, -0.2) is 46.9 Å². The van der Waals surface area contributed by atoms with Gasteiger partial charge in [-0.2, -0.15) is 4.31 Å². The van der Waals surface area contributed by atoms with Gasteiger partial charge in [0.2, 0.25) is 10.0 Å². The van der Waals surface area contributed by atoms with Crippen LogP contribution < -0.4 is 5.32 Å². The highest BCUT2D eigenvalue weighted by Gasteiger charge is 2.30. The number of rotatable bonds is 6. The smallest absolute Gasteiger partial charge is 0.275 e. The van der Waals surface area contributed by atoms with E-state index in [9.17, 15) is 13.2 Å². The zero-order valence-corrected chi connectivity index (χ0v) is 18.6. The SMILES string of the molecule is CCSc1ncc(Cl)c(C(=O)Nc2ccc(S(=O)(=O)N3CCCC[C@@H]3C)cc2)n1. The Hall–Kier alpha value is -1.68. The Morgan fingerprint density at radius 2 is 2.03 bits per heavy atom. The van der Waals surface area contributed by atoms with Crippen molar-refractivity contribution in [1.29, 1.82) is 0 Å². The lowest BCUT2D eigenvalue weighted by Gasteiger charge is -2.32. The van der Waals surface area contributed by atoms with Gasteiger partial charge in [-0.1, -0.05) is 36.7 Å². The number of halogens is 1. The number of hydrogen-bond acceptors (Lipinski definition) is 6. The molecular formula is C19H23ClN4O3S2. The van der Waals surface area contributed by atoms with Gasteiger partial charge in [0.25, 0.3) is 5.91 Å². The summed E-state index contributed by atoms with van der Waals surface area (Å²) in [6, 6.07) is 6.13. The number of thioether (sulfide) groups is 1. The second-order valence-corrected chi connectivity index (χ2v) is 10.3. The minimum absolute atomic E-state index is 0.0109. The first-order chi connectivity index (χ1) is 13.8. The maximum absolute atomic E-state index is 12.9. The lowest BCUT2D eigenvalue weighted by atomic mass is 10.1. The molecule has 29 heavy (non-hydrogen) atoms. The van der Waals surface area contributed by atoms with Gasteiger partial charge in [0, 0.05) is 18.3 Å². The van der Waals surface area contributed by atoms with E-state index < -0.39 is 15.9 Å². The summed E-state index contributed by atoms with van der Waals surface area (Å²) in [7, 11) is -3.55. The number of aromatic nitrogens is 2. The highest BCUT2D eigenvalue weighted by molar-refractivity contribution is 7.99. The summed E-state index contributed by atoms with van der Waals surface area (Å²) in [5.74, 6) is 0.296. The lowest BCUT2D eigenvalue weighted by Crippen LogP contribution is -2.41. The summed E-state index contributed by atoms with van der Waals surface area (Å²) in [5, 5.41) is 3.33. The maximum atomic E-state index is 12.9. The Bertz CT molecular complexity index is 983. The molecule has 1 aromatic heterocycles. The second-order valence-electron chi connectivity index (χ2n) is 6.72. The molecule has 0 spiro atoms. The van der Waals surface area contributed by atoms with Crippen molar-refractivity contribution >= 4 is 45.0 Å². The summed E-state index contributed by atoms with van der Waals surface area (Å²) < 4.78 is 27.3. The highest BCUT2D eigenvalue weighted by Crippen LogP contribution is 2.26. The van der Waals surface area contributed by atoms with E-state index in [1.807, 2.05) is 13.8 Å². The summed E-state index contributed by atoms with van der Waals surface area (Å²) in [6.07, 6.45) is 4.18. The Kier molecular flexibility index (Phi) is 7.15. The molecule has 0 saturated carbocycles. The fourth-order valence-corrected chi connectivity index (χ4v) is 5.59. The van der Waals surface area contributed by atoms with Gasteiger partial charge in [0.15, 0.2) is 10.9 Å². The number of amides is 1. The first-order valence-corrected chi connectivity index (χ1v) is 12.2. The monoisotopic (exact) mass is 454 g/mol. The van der Waals surface area contributed by atoms with Crippen LogP contribution in [0.15, 0.2) is 40.5 Å². The standard InChI is InChI=1S/C19H23ClN4O3S2/c1-3-28-19-21-12-16(20)17(23-19)18(25)22-14-7-9-15(10-8-14)29(26,27)24-11-5-4-6-13(24)2/h7-10,12-13H,3-6,11H2,1-2H3,(H,22,25)/t13-/m0/s1. The van der Waals surface area contributed by atoms with Crippen LogP contribution in [0.4, 0.5) is 5.69 Å². The van der Waals surface area contributed by atoms with Crippen LogP contribution >= 0.6 is 23.4 Å². The summed E-state index contributed by atoms with van der Waals surface area (Å²) >= 11 is 7.47. The van der Waals surface area contributed by atoms with E-state index in [0.29, 0.717) is 17.4 Å². The number of carbonyl (C=O) groups is 1. The predicted molar refractivity (Wildman–Crippen MR) is 115 cm³/mol. The number of hydrogen-bond donors (Lipinski definition) is 1. The molecule has 0 bridgehead atoms. The van der Waals surface area contributed by atoms with E-state index >= 15 is 0 Å². The molecule has 1 saturated heterocycles. The lowest BCUT2D eigenvalue weighted by molar-refractivity contribution is 0.102. The van der Waals surface area contributed by atoms with Crippen molar-refractivity contribution in [2.45, 2.75) is 49.2 Å². The fourth-order valence-electron chi connectivity index (χ4n) is 3.17. The van der Waals surface area contributed by atoms with Gasteiger partial charge in [-0.25, -0.2) is 18.4 Å². The summed E-state index contributed by atoms with van der Waals surface area (Å²) in [6.45, 7) is 4.43. The normalized spacial score (nSPS) is 17.8. The van der Waals surface area contributed by atoms with Gasteiger partial charge in [0.05, 0.1) is 16.1 Å². The zero-order valence-electron chi connectivity index (χ0n) is 16.3. The Balaban J connectivity index is 1.75. The minimum Gasteiger partial charge on any atom is -0.321 e. The third-order valence-electron chi connectivity index (χ3n) is 4.67. The topological polar surface area (TPSA) is 92.3 Å². The van der Waals surface area contributed by atoms with Crippen molar-refractivity contribution in [2.75, 3.05) is 17.6 Å². The number of nitrogens with zero attached hydrogens (tertiary/aromatic N) is 3. The first-order valence-electron chi connectivity index (χ1n) is 9.41. The largest absolute Gasteiger partial charge is 0.321 e. The van der Waals surface area contributed by atoms with Crippen molar-refractivity contribution in [3.63, 3.8) is 0 Å². The molecule has 156 valence electrons. The summed E-state index contributed by atoms with van der Waals surface area (Å²) in [5.41, 5.74) is 0.538. The van der Waals surface area contributed by atoms with Gasteiger partial charge in [-0.15, -0.1) is 0 Å². The number of anilines is 1. The number of benzene rings is 1. The molecule has 1 N–H and O–H groups in total. The zero-order chi connectivity index (χ0) is 21.0. The molecule has 10 heteroatoms. The molecule has 3 rings (SSSR count). The molecular weight excluding hydrogens is 432 g/mol. The molecule has 2 heterocycles. The van der Waals surface area contributed by atoms with Crippen LogP contribution in [0.1, 0.15) is 43.6 Å². The van der Waals surface area contributed by atoms with E-state index in [2.05, 4.69) is 15.3 Å². The second kappa shape index (κ2) is 9.42. The highest BCUT2D eigenvalue weighted by atomic mass is 35.5. The van der Waals surface area contributed by atoms with Gasteiger partial charge in [-0.3, -0.25) is 4.79 Å². The molecule has 0 unspecified atom stereocenters. The van der Waals surface area contributed by atoms with Crippen molar-refractivity contribution in [3.8, 4) is 0 Å². The van der Waals surface area contributed by atoms with Crippen molar-refractivity contribution in [1.82, 2.24) is 14.3 Å². The number of piperidine rings is 1. The maximum Gasteiger partial charge on any atom is 0.275 e. The van der Waals surface area contributed by atoms with Gasteiger partial charge < -0.3 is 5.32 Å².